The van der Waals surface area contributed by atoms with Gasteiger partial charge in [-0.1, -0.05) is 6.92 Å². The third-order valence-electron chi connectivity index (χ3n) is 4.52. The van der Waals surface area contributed by atoms with Crippen LogP contribution < -0.4 is 10.6 Å². The van der Waals surface area contributed by atoms with Crippen LogP contribution in [0, 0.1) is 12.8 Å². The highest BCUT2D eigenvalue weighted by Gasteiger charge is 2.38. The Morgan fingerprint density at radius 2 is 2.23 bits per heavy atom. The molecule has 22 heavy (non-hydrogen) atoms. The summed E-state index contributed by atoms with van der Waals surface area (Å²) in [5, 5.41) is 6.92. The summed E-state index contributed by atoms with van der Waals surface area (Å²) < 4.78 is 0. The average molecular weight is 302 g/mol. The molecule has 1 aromatic rings. The normalized spacial score (nSPS) is 26.2. The molecular weight excluding hydrogens is 276 g/mol. The second-order valence-electron chi connectivity index (χ2n) is 6.43. The van der Waals surface area contributed by atoms with Crippen molar-refractivity contribution < 1.29 is 0 Å². The maximum absolute atomic E-state index is 4.41. The highest BCUT2D eigenvalue weighted by Crippen LogP contribution is 2.31. The molecule has 2 atom stereocenters. The van der Waals surface area contributed by atoms with Crippen LogP contribution in [0.2, 0.25) is 0 Å². The van der Waals surface area contributed by atoms with E-state index in [1.807, 2.05) is 20.0 Å². The Morgan fingerprint density at radius 3 is 2.91 bits per heavy atom. The number of hydrogen-bond donors (Lipinski definition) is 2. The van der Waals surface area contributed by atoms with Crippen LogP contribution in [0.25, 0.3) is 0 Å². The van der Waals surface area contributed by atoms with Gasteiger partial charge in [0.15, 0.2) is 5.96 Å². The zero-order chi connectivity index (χ0) is 15.5. The molecule has 1 saturated heterocycles. The molecule has 0 spiro atoms. The molecule has 1 aromatic heterocycles. The summed E-state index contributed by atoms with van der Waals surface area (Å²) in [6.07, 6.45) is 4.54. The minimum atomic E-state index is 0.471. The highest BCUT2D eigenvalue weighted by molar-refractivity contribution is 5.80. The average Bonchev–Trinajstić information content (AvgIpc) is 3.28. The molecule has 2 N–H and O–H groups in total. The van der Waals surface area contributed by atoms with Crippen molar-refractivity contribution in [1.29, 1.82) is 0 Å². The lowest BCUT2D eigenvalue weighted by Crippen LogP contribution is -2.46. The molecule has 6 heteroatoms. The van der Waals surface area contributed by atoms with Gasteiger partial charge in [0.1, 0.15) is 5.82 Å². The van der Waals surface area contributed by atoms with Gasteiger partial charge in [0.05, 0.1) is 12.2 Å². The molecule has 6 nitrogen and oxygen atoms in total. The van der Waals surface area contributed by atoms with Crippen molar-refractivity contribution in [1.82, 2.24) is 25.5 Å². The summed E-state index contributed by atoms with van der Waals surface area (Å²) in [6.45, 7) is 7.21. The van der Waals surface area contributed by atoms with Crippen LogP contribution in [0.1, 0.15) is 31.3 Å². The van der Waals surface area contributed by atoms with Gasteiger partial charge in [0, 0.05) is 38.4 Å². The maximum Gasteiger partial charge on any atom is 0.191 e. The number of aryl methyl sites for hydroxylation is 1. The van der Waals surface area contributed by atoms with Crippen molar-refractivity contribution in [3.63, 3.8) is 0 Å². The summed E-state index contributed by atoms with van der Waals surface area (Å²) in [7, 11) is 1.82. The zero-order valence-electron chi connectivity index (χ0n) is 13.7. The van der Waals surface area contributed by atoms with E-state index in [-0.39, 0.29) is 0 Å². The molecule has 3 rings (SSSR count). The van der Waals surface area contributed by atoms with Crippen molar-refractivity contribution in [2.45, 2.75) is 45.3 Å². The van der Waals surface area contributed by atoms with Crippen molar-refractivity contribution in [3.05, 3.63) is 23.8 Å². The predicted molar refractivity (Wildman–Crippen MR) is 87.7 cm³/mol. The third kappa shape index (κ3) is 3.74. The van der Waals surface area contributed by atoms with Crippen LogP contribution in [0.15, 0.2) is 17.3 Å². The van der Waals surface area contributed by atoms with Gasteiger partial charge in [-0.05, 0) is 31.7 Å². The first-order valence-electron chi connectivity index (χ1n) is 8.15. The van der Waals surface area contributed by atoms with Gasteiger partial charge >= 0.3 is 0 Å². The van der Waals surface area contributed by atoms with Crippen LogP contribution in [-0.2, 0) is 6.54 Å². The van der Waals surface area contributed by atoms with E-state index in [1.54, 1.807) is 6.20 Å². The standard InChI is InChI=1S/C16H26N6/c1-11-9-22(14-4-5-14)10-15(11)21-16(17-3)19-8-13-6-7-18-12(2)20-13/h6-7,11,14-15H,4-5,8-10H2,1-3H3,(H2,17,19,21). The quantitative estimate of drug-likeness (QED) is 0.640. The molecule has 0 amide bonds. The molecule has 1 aliphatic carbocycles. The SMILES string of the molecule is CN=C(NCc1ccnc(C)n1)NC1CN(C2CC2)CC1C. The van der Waals surface area contributed by atoms with Crippen LogP contribution >= 0.6 is 0 Å². The second kappa shape index (κ2) is 6.60. The van der Waals surface area contributed by atoms with Gasteiger partial charge in [-0.2, -0.15) is 0 Å². The summed E-state index contributed by atoms with van der Waals surface area (Å²) in [5.74, 6) is 2.30. The van der Waals surface area contributed by atoms with E-state index >= 15 is 0 Å². The Morgan fingerprint density at radius 1 is 1.41 bits per heavy atom. The Balaban J connectivity index is 1.51. The Labute approximate surface area is 132 Å². The number of aliphatic imine (C=N–C) groups is 1. The van der Waals surface area contributed by atoms with Gasteiger partial charge in [-0.25, -0.2) is 9.97 Å². The first-order valence-corrected chi connectivity index (χ1v) is 8.15. The summed E-state index contributed by atoms with van der Waals surface area (Å²) in [6, 6.07) is 3.24. The highest BCUT2D eigenvalue weighted by atomic mass is 15.3. The fourth-order valence-electron chi connectivity index (χ4n) is 3.08. The van der Waals surface area contributed by atoms with Gasteiger partial charge < -0.3 is 10.6 Å². The molecule has 0 bridgehead atoms. The Hall–Kier alpha value is -1.69. The lowest BCUT2D eigenvalue weighted by Gasteiger charge is -2.20. The van der Waals surface area contributed by atoms with E-state index in [0.29, 0.717) is 18.5 Å². The number of aromatic nitrogens is 2. The summed E-state index contributed by atoms with van der Waals surface area (Å²) in [5.41, 5.74) is 0.981. The predicted octanol–water partition coefficient (Wildman–Crippen LogP) is 0.933. The fraction of sp³-hybridized carbons (Fsp3) is 0.688. The van der Waals surface area contributed by atoms with Gasteiger partial charge in [-0.15, -0.1) is 0 Å². The van der Waals surface area contributed by atoms with E-state index in [4.69, 9.17) is 0 Å². The molecule has 2 fully saturated rings. The number of hydrogen-bond acceptors (Lipinski definition) is 4. The van der Waals surface area contributed by atoms with Crippen molar-refractivity contribution in [2.75, 3.05) is 20.1 Å². The van der Waals surface area contributed by atoms with Crippen LogP contribution in [0.4, 0.5) is 0 Å². The number of guanidine groups is 1. The number of likely N-dealkylation sites (tertiary alicyclic amines) is 1. The molecule has 1 saturated carbocycles. The molecule has 120 valence electrons. The van der Waals surface area contributed by atoms with Crippen LogP contribution in [0.5, 0.6) is 0 Å². The van der Waals surface area contributed by atoms with E-state index in [0.717, 1.165) is 30.1 Å². The zero-order valence-corrected chi connectivity index (χ0v) is 13.7. The van der Waals surface area contributed by atoms with Crippen molar-refractivity contribution in [2.24, 2.45) is 10.9 Å². The van der Waals surface area contributed by atoms with E-state index in [1.165, 1.54) is 19.4 Å². The van der Waals surface area contributed by atoms with E-state index in [2.05, 4.69) is 37.4 Å². The lowest BCUT2D eigenvalue weighted by molar-refractivity contribution is 0.315. The lowest BCUT2D eigenvalue weighted by atomic mass is 10.1. The first-order chi connectivity index (χ1) is 10.7. The van der Waals surface area contributed by atoms with Crippen LogP contribution in [0.3, 0.4) is 0 Å². The van der Waals surface area contributed by atoms with E-state index < -0.39 is 0 Å². The van der Waals surface area contributed by atoms with Gasteiger partial charge in [-0.3, -0.25) is 9.89 Å². The Bertz CT molecular complexity index is 539. The molecule has 2 heterocycles. The molecule has 0 radical (unpaired) electrons. The minimum absolute atomic E-state index is 0.471. The number of nitrogens with one attached hydrogen (secondary N) is 2. The van der Waals surface area contributed by atoms with Gasteiger partial charge in [0.2, 0.25) is 0 Å². The molecule has 2 unspecified atom stereocenters. The molecule has 0 aromatic carbocycles. The third-order valence-corrected chi connectivity index (χ3v) is 4.52. The second-order valence-corrected chi connectivity index (χ2v) is 6.43. The monoisotopic (exact) mass is 302 g/mol. The van der Waals surface area contributed by atoms with E-state index in [9.17, 15) is 0 Å². The smallest absolute Gasteiger partial charge is 0.191 e. The minimum Gasteiger partial charge on any atom is -0.352 e. The topological polar surface area (TPSA) is 65.4 Å². The largest absolute Gasteiger partial charge is 0.352 e. The van der Waals surface area contributed by atoms with Crippen LogP contribution in [-0.4, -0.2) is 53.0 Å². The molecular formula is C16H26N6. The number of rotatable bonds is 4. The summed E-state index contributed by atoms with van der Waals surface area (Å²) >= 11 is 0. The summed E-state index contributed by atoms with van der Waals surface area (Å²) in [4.78, 5) is 15.5. The molecule has 2 aliphatic rings. The van der Waals surface area contributed by atoms with Gasteiger partial charge in [0.25, 0.3) is 0 Å². The first kappa shape index (κ1) is 15.2. The molecule has 1 aliphatic heterocycles. The maximum atomic E-state index is 4.41. The van der Waals surface area contributed by atoms with Crippen molar-refractivity contribution >= 4 is 5.96 Å². The van der Waals surface area contributed by atoms with Crippen molar-refractivity contribution in [3.8, 4) is 0 Å². The fourth-order valence-corrected chi connectivity index (χ4v) is 3.08. The number of nitrogens with zero attached hydrogens (tertiary/aromatic N) is 4. The Kier molecular flexibility index (Phi) is 4.57.